The van der Waals surface area contributed by atoms with Crippen molar-refractivity contribution < 1.29 is 18.0 Å². The first-order chi connectivity index (χ1) is 17.2. The van der Waals surface area contributed by atoms with Gasteiger partial charge in [-0.25, -0.2) is 13.2 Å². The summed E-state index contributed by atoms with van der Waals surface area (Å²) in [6.07, 6.45) is 4.90. The number of nitrogens with zero attached hydrogens (tertiary/aromatic N) is 2. The van der Waals surface area contributed by atoms with Crippen LogP contribution in [0.15, 0.2) is 48.5 Å². The Morgan fingerprint density at radius 1 is 0.972 bits per heavy atom. The Bertz CT molecular complexity index is 1170. The maximum Gasteiger partial charge on any atom is 0.318 e. The maximum atomic E-state index is 13.6. The van der Waals surface area contributed by atoms with Gasteiger partial charge in [0.2, 0.25) is 15.9 Å². The molecule has 2 saturated heterocycles. The lowest BCUT2D eigenvalue weighted by atomic mass is 9.88. The molecule has 2 N–H and O–H groups in total. The lowest BCUT2D eigenvalue weighted by Gasteiger charge is -2.35. The quantitative estimate of drug-likeness (QED) is 0.566. The molecule has 1 atom stereocenters. The summed E-state index contributed by atoms with van der Waals surface area (Å²) < 4.78 is 26.2. The Balaban J connectivity index is 1.44. The summed E-state index contributed by atoms with van der Waals surface area (Å²) in [6, 6.07) is 13.9. The van der Waals surface area contributed by atoms with Gasteiger partial charge in [-0.15, -0.1) is 0 Å². The molecule has 36 heavy (non-hydrogen) atoms. The van der Waals surface area contributed by atoms with E-state index in [9.17, 15) is 18.0 Å². The predicted octanol–water partition coefficient (Wildman–Crippen LogP) is 3.83. The zero-order valence-electron chi connectivity index (χ0n) is 20.5. The molecule has 194 valence electrons. The van der Waals surface area contributed by atoms with Gasteiger partial charge in [0, 0.05) is 37.6 Å². The number of anilines is 1. The molecule has 0 bridgehead atoms. The van der Waals surface area contributed by atoms with E-state index in [-0.39, 0.29) is 17.9 Å². The number of nitrogens with one attached hydrogen (secondary N) is 2. The average Bonchev–Trinajstić information content (AvgIpc) is 3.39. The fourth-order valence-corrected chi connectivity index (χ4v) is 5.71. The second-order valence-electron chi connectivity index (χ2n) is 9.59. The number of sulfonamides is 1. The minimum atomic E-state index is -3.39. The van der Waals surface area contributed by atoms with Crippen LogP contribution in [0.2, 0.25) is 5.02 Å². The largest absolute Gasteiger partial charge is 0.341 e. The van der Waals surface area contributed by atoms with Crippen molar-refractivity contribution in [2.45, 2.75) is 44.1 Å². The molecule has 0 radical (unpaired) electrons. The molecule has 3 amide bonds. The number of carbonyl (C=O) groups is 2. The van der Waals surface area contributed by atoms with E-state index in [0.29, 0.717) is 56.2 Å². The van der Waals surface area contributed by atoms with Crippen molar-refractivity contribution in [2.24, 2.45) is 0 Å². The first-order valence-corrected chi connectivity index (χ1v) is 14.6. The van der Waals surface area contributed by atoms with Gasteiger partial charge in [0.15, 0.2) is 0 Å². The molecule has 0 saturated carbocycles. The van der Waals surface area contributed by atoms with Gasteiger partial charge < -0.3 is 15.1 Å². The lowest BCUT2D eigenvalue weighted by molar-refractivity contribution is -0.134. The van der Waals surface area contributed by atoms with E-state index in [0.717, 1.165) is 30.2 Å². The van der Waals surface area contributed by atoms with Crippen LogP contribution in [0.1, 0.15) is 42.7 Å². The molecule has 2 aliphatic heterocycles. The molecule has 2 heterocycles. The number of hydrogen-bond donors (Lipinski definition) is 2. The average molecular weight is 533 g/mol. The molecule has 0 unspecified atom stereocenters. The van der Waals surface area contributed by atoms with Gasteiger partial charge in [0.05, 0.1) is 11.9 Å². The predicted molar refractivity (Wildman–Crippen MR) is 142 cm³/mol. The third-order valence-electron chi connectivity index (χ3n) is 6.84. The summed E-state index contributed by atoms with van der Waals surface area (Å²) in [5.41, 5.74) is 2.45. The molecule has 4 rings (SSSR count). The van der Waals surface area contributed by atoms with Crippen molar-refractivity contribution in [1.29, 1.82) is 0 Å². The Morgan fingerprint density at radius 2 is 1.61 bits per heavy atom. The lowest BCUT2D eigenvalue weighted by Crippen LogP contribution is -2.54. The highest BCUT2D eigenvalue weighted by Crippen LogP contribution is 2.33. The van der Waals surface area contributed by atoms with E-state index in [4.69, 9.17) is 11.6 Å². The number of likely N-dealkylation sites (tertiary alicyclic amines) is 2. The van der Waals surface area contributed by atoms with E-state index in [1.54, 1.807) is 29.2 Å². The van der Waals surface area contributed by atoms with Crippen molar-refractivity contribution in [2.75, 3.05) is 37.2 Å². The second kappa shape index (κ2) is 11.5. The third kappa shape index (κ3) is 6.91. The van der Waals surface area contributed by atoms with Crippen molar-refractivity contribution in [3.05, 3.63) is 64.7 Å². The van der Waals surface area contributed by atoms with Crippen LogP contribution in [-0.2, 0) is 21.2 Å². The zero-order valence-corrected chi connectivity index (χ0v) is 22.0. The molecule has 2 aromatic carbocycles. The van der Waals surface area contributed by atoms with Gasteiger partial charge in [-0.3, -0.25) is 9.52 Å². The van der Waals surface area contributed by atoms with Gasteiger partial charge in [-0.1, -0.05) is 41.9 Å². The smallest absolute Gasteiger partial charge is 0.318 e. The number of amides is 3. The van der Waals surface area contributed by atoms with E-state index in [2.05, 4.69) is 10.0 Å². The fraction of sp³-hybridized carbons (Fsp3) is 0.462. The summed E-state index contributed by atoms with van der Waals surface area (Å²) in [4.78, 5) is 30.0. The topological polar surface area (TPSA) is 98.8 Å². The summed E-state index contributed by atoms with van der Waals surface area (Å²) in [5.74, 6) is 0.0342. The summed E-state index contributed by atoms with van der Waals surface area (Å²) >= 11 is 6.02. The molecule has 0 spiro atoms. The number of para-hydroxylation sites is 1. The van der Waals surface area contributed by atoms with Crippen LogP contribution in [0, 0.1) is 0 Å². The first kappa shape index (κ1) is 26.3. The summed E-state index contributed by atoms with van der Waals surface area (Å²) in [5, 5.41) is 3.60. The van der Waals surface area contributed by atoms with Gasteiger partial charge in [0.25, 0.3) is 0 Å². The highest BCUT2D eigenvalue weighted by molar-refractivity contribution is 7.92. The van der Waals surface area contributed by atoms with Crippen LogP contribution in [0.3, 0.4) is 0 Å². The fourth-order valence-electron chi connectivity index (χ4n) is 4.99. The Hall–Kier alpha value is -2.78. The van der Waals surface area contributed by atoms with Gasteiger partial charge in [-0.05, 0) is 60.9 Å². The van der Waals surface area contributed by atoms with Gasteiger partial charge in [-0.2, -0.15) is 0 Å². The molecule has 2 aromatic rings. The number of halogens is 1. The maximum absolute atomic E-state index is 13.6. The van der Waals surface area contributed by atoms with Gasteiger partial charge >= 0.3 is 6.03 Å². The molecular formula is C26H33ClN4O4S. The van der Waals surface area contributed by atoms with Crippen molar-refractivity contribution in [1.82, 2.24) is 15.1 Å². The molecular weight excluding hydrogens is 500 g/mol. The Labute approximate surface area is 218 Å². The van der Waals surface area contributed by atoms with Gasteiger partial charge in [0.1, 0.15) is 6.04 Å². The van der Waals surface area contributed by atoms with Crippen molar-refractivity contribution in [3.8, 4) is 0 Å². The monoisotopic (exact) mass is 532 g/mol. The van der Waals surface area contributed by atoms with E-state index in [1.165, 1.54) is 0 Å². The molecule has 8 nitrogen and oxygen atoms in total. The zero-order chi connectivity index (χ0) is 25.7. The summed E-state index contributed by atoms with van der Waals surface area (Å²) in [6.45, 7) is 2.49. The number of carbonyl (C=O) groups excluding carboxylic acids is 2. The number of rotatable bonds is 7. The molecule has 0 aromatic heterocycles. The normalized spacial score (nSPS) is 17.6. The second-order valence-corrected chi connectivity index (χ2v) is 11.8. The van der Waals surface area contributed by atoms with E-state index in [1.807, 2.05) is 29.2 Å². The number of benzene rings is 2. The van der Waals surface area contributed by atoms with E-state index < -0.39 is 16.1 Å². The number of urea groups is 1. The number of hydrogen-bond acceptors (Lipinski definition) is 4. The van der Waals surface area contributed by atoms with E-state index >= 15 is 0 Å². The summed E-state index contributed by atoms with van der Waals surface area (Å²) in [7, 11) is -3.39. The highest BCUT2D eigenvalue weighted by Gasteiger charge is 2.32. The minimum Gasteiger partial charge on any atom is -0.341 e. The van der Waals surface area contributed by atoms with Crippen LogP contribution in [0.5, 0.6) is 0 Å². The Kier molecular flexibility index (Phi) is 8.41. The number of piperidine rings is 1. The van der Waals surface area contributed by atoms with Crippen LogP contribution in [-0.4, -0.2) is 68.6 Å². The highest BCUT2D eigenvalue weighted by atomic mass is 35.5. The first-order valence-electron chi connectivity index (χ1n) is 12.3. The molecule has 10 heteroatoms. The third-order valence-corrected chi connectivity index (χ3v) is 7.69. The molecule has 2 aliphatic rings. The minimum absolute atomic E-state index is 0.0986. The standard InChI is InChI=1S/C26H33ClN4O4S/c1-36(34,35)29-23-7-3-2-6-22(23)20-12-16-30(17-13-20)25(32)24(18-19-8-10-21(27)11-9-19)28-26(33)31-14-4-5-15-31/h2-3,6-11,20,24,29H,4-5,12-18H2,1H3,(H,28,33)/t24-/m1/s1. The molecule has 2 fully saturated rings. The Morgan fingerprint density at radius 3 is 2.25 bits per heavy atom. The van der Waals surface area contributed by atoms with Crippen molar-refractivity contribution in [3.63, 3.8) is 0 Å². The van der Waals surface area contributed by atoms with Crippen LogP contribution in [0.25, 0.3) is 0 Å². The van der Waals surface area contributed by atoms with Crippen molar-refractivity contribution >= 4 is 39.2 Å². The van der Waals surface area contributed by atoms with Crippen LogP contribution >= 0.6 is 11.6 Å². The molecule has 0 aliphatic carbocycles. The van der Waals surface area contributed by atoms with Crippen LogP contribution in [0.4, 0.5) is 10.5 Å². The SMILES string of the molecule is CS(=O)(=O)Nc1ccccc1C1CCN(C(=O)[C@@H](Cc2ccc(Cl)cc2)NC(=O)N2CCCC2)CC1. The van der Waals surface area contributed by atoms with Crippen LogP contribution < -0.4 is 10.0 Å².